The number of ether oxygens (including phenoxy) is 2. The Bertz CT molecular complexity index is 1150. The van der Waals surface area contributed by atoms with Crippen molar-refractivity contribution in [3.05, 3.63) is 47.2 Å². The van der Waals surface area contributed by atoms with Gasteiger partial charge in [-0.25, -0.2) is 4.98 Å². The Labute approximate surface area is 232 Å². The number of piperidine rings is 1. The van der Waals surface area contributed by atoms with Gasteiger partial charge in [-0.1, -0.05) is 12.1 Å². The number of nitrogens with two attached hydrogens (primary N) is 1. The molecule has 1 atom stereocenters. The highest BCUT2D eigenvalue weighted by Crippen LogP contribution is 2.41. The zero-order chi connectivity index (χ0) is 27.6. The van der Waals surface area contributed by atoms with Crippen molar-refractivity contribution in [1.29, 1.82) is 0 Å². The number of aliphatic hydroxyl groups is 1. The van der Waals surface area contributed by atoms with Gasteiger partial charge in [-0.15, -0.1) is 0 Å². The molecule has 2 aromatic rings. The summed E-state index contributed by atoms with van der Waals surface area (Å²) in [7, 11) is 0. The number of benzene rings is 1. The zero-order valence-corrected chi connectivity index (χ0v) is 23.7. The maximum Gasteiger partial charge on any atom is 0.219 e. The van der Waals surface area contributed by atoms with Crippen molar-refractivity contribution in [1.82, 2.24) is 14.8 Å². The van der Waals surface area contributed by atoms with Gasteiger partial charge in [0.2, 0.25) is 5.91 Å². The first-order chi connectivity index (χ1) is 18.7. The molecule has 0 radical (unpaired) electrons. The van der Waals surface area contributed by atoms with Gasteiger partial charge < -0.3 is 25.2 Å². The lowest BCUT2D eigenvalue weighted by Crippen LogP contribution is -2.36. The van der Waals surface area contributed by atoms with Crippen LogP contribution < -0.4 is 5.73 Å². The first-order valence-electron chi connectivity index (χ1n) is 14.5. The molecule has 1 aromatic heterocycles. The molecule has 8 heteroatoms. The molecule has 1 aromatic carbocycles. The van der Waals surface area contributed by atoms with E-state index in [0.29, 0.717) is 24.4 Å². The molecule has 0 spiro atoms. The van der Waals surface area contributed by atoms with Crippen molar-refractivity contribution in [2.45, 2.75) is 83.0 Å². The lowest BCUT2D eigenvalue weighted by molar-refractivity contribution is -0.201. The van der Waals surface area contributed by atoms with Crippen LogP contribution in [0.1, 0.15) is 93.9 Å². The number of rotatable bonds is 7. The number of hydrogen-bond acceptors (Lipinski definition) is 7. The number of aromatic nitrogens is 1. The molecule has 3 saturated heterocycles. The second-order valence-corrected chi connectivity index (χ2v) is 11.9. The summed E-state index contributed by atoms with van der Waals surface area (Å²) in [6, 6.07) is 9.36. The molecule has 0 bridgehead atoms. The first kappa shape index (κ1) is 28.0. The number of hydrogen-bond donors (Lipinski definition) is 2. The number of carbonyl (C=O) groups excluding carboxylic acids is 1. The molecule has 0 aliphatic carbocycles. The van der Waals surface area contributed by atoms with Crippen molar-refractivity contribution in [2.24, 2.45) is 0 Å². The maximum atomic E-state index is 11.8. The molecular weight excluding hydrogens is 492 g/mol. The van der Waals surface area contributed by atoms with Crippen LogP contribution in [0, 0.1) is 0 Å². The highest BCUT2D eigenvalue weighted by molar-refractivity contribution is 5.73. The molecule has 4 heterocycles. The van der Waals surface area contributed by atoms with Gasteiger partial charge in [0.15, 0.2) is 5.79 Å². The fourth-order valence-electron chi connectivity index (χ4n) is 6.48. The Morgan fingerprint density at radius 3 is 2.41 bits per heavy atom. The number of pyridine rings is 1. The summed E-state index contributed by atoms with van der Waals surface area (Å²) in [4.78, 5) is 20.7. The van der Waals surface area contributed by atoms with Gasteiger partial charge in [0, 0.05) is 57.6 Å². The number of nitrogen functional groups attached to an aromatic ring is 1. The fourth-order valence-corrected chi connectivity index (χ4v) is 6.48. The van der Waals surface area contributed by atoms with Crippen LogP contribution in [0.25, 0.3) is 11.1 Å². The quantitative estimate of drug-likeness (QED) is 0.491. The van der Waals surface area contributed by atoms with Crippen LogP contribution >= 0.6 is 0 Å². The summed E-state index contributed by atoms with van der Waals surface area (Å²) >= 11 is 0. The van der Waals surface area contributed by atoms with E-state index in [9.17, 15) is 9.90 Å². The van der Waals surface area contributed by atoms with E-state index in [2.05, 4.69) is 34.1 Å². The number of carbonyl (C=O) groups is 1. The number of likely N-dealkylation sites (tertiary alicyclic amines) is 2. The van der Waals surface area contributed by atoms with Crippen LogP contribution in [-0.2, 0) is 14.3 Å². The van der Waals surface area contributed by atoms with E-state index in [0.717, 1.165) is 88.1 Å². The molecule has 3 fully saturated rings. The molecule has 0 saturated carbocycles. The average molecular weight is 537 g/mol. The number of nitrogens with zero attached hydrogens (tertiary/aromatic N) is 3. The summed E-state index contributed by atoms with van der Waals surface area (Å²) in [6.07, 6.45) is 7.93. The SMILES string of the molecule is CC(=O)N1CCC(c2cc(-c3ccc(C4CCOCC4)c(C4CCCN4COC(C)(C)O)c3)cnc2N)CC1. The number of amides is 1. The predicted molar refractivity (Wildman–Crippen MR) is 152 cm³/mol. The van der Waals surface area contributed by atoms with Crippen LogP contribution in [0.15, 0.2) is 30.5 Å². The van der Waals surface area contributed by atoms with Gasteiger partial charge in [0.05, 0.1) is 0 Å². The zero-order valence-electron chi connectivity index (χ0n) is 23.7. The Morgan fingerprint density at radius 2 is 1.72 bits per heavy atom. The van der Waals surface area contributed by atoms with Crippen molar-refractivity contribution in [3.8, 4) is 11.1 Å². The van der Waals surface area contributed by atoms with Crippen molar-refractivity contribution in [2.75, 3.05) is 45.3 Å². The predicted octanol–water partition coefficient (Wildman–Crippen LogP) is 4.79. The molecule has 3 N–H and O–H groups in total. The fraction of sp³-hybridized carbons (Fsp3) is 0.613. The Morgan fingerprint density at radius 1 is 1.03 bits per heavy atom. The Kier molecular flexibility index (Phi) is 8.57. The molecule has 39 heavy (non-hydrogen) atoms. The Balaban J connectivity index is 1.46. The topological polar surface area (TPSA) is 101 Å². The maximum absolute atomic E-state index is 11.8. The van der Waals surface area contributed by atoms with Crippen molar-refractivity contribution < 1.29 is 19.4 Å². The van der Waals surface area contributed by atoms with Gasteiger partial charge in [-0.2, -0.15) is 0 Å². The summed E-state index contributed by atoms with van der Waals surface area (Å²) in [6.45, 7) is 9.48. The standard InChI is InChI=1S/C31H44N4O4/c1-21(36)34-13-8-22(9-14-34)27-18-25(19-33-30(27)32)24-6-7-26(23-10-15-38-16-11-23)28(17-24)29-5-4-12-35(29)20-39-31(2,3)37/h6-7,17-19,22-23,29,37H,4-5,8-16,20H2,1-3H3,(H2,32,33). The van der Waals surface area contributed by atoms with E-state index in [4.69, 9.17) is 15.2 Å². The molecular formula is C31H44N4O4. The highest BCUT2D eigenvalue weighted by atomic mass is 16.6. The van der Waals surface area contributed by atoms with E-state index < -0.39 is 5.79 Å². The summed E-state index contributed by atoms with van der Waals surface area (Å²) < 4.78 is 11.5. The van der Waals surface area contributed by atoms with Gasteiger partial charge in [-0.05, 0) is 98.6 Å². The third-order valence-electron chi connectivity index (χ3n) is 8.72. The van der Waals surface area contributed by atoms with Gasteiger partial charge >= 0.3 is 0 Å². The van der Waals surface area contributed by atoms with Crippen molar-refractivity contribution in [3.63, 3.8) is 0 Å². The minimum atomic E-state index is -1.16. The summed E-state index contributed by atoms with van der Waals surface area (Å²) in [5.74, 6) is 0.347. The molecule has 8 nitrogen and oxygen atoms in total. The molecule has 1 unspecified atom stereocenters. The van der Waals surface area contributed by atoms with Gasteiger partial charge in [-0.3, -0.25) is 9.69 Å². The van der Waals surface area contributed by atoms with Crippen LogP contribution in [0.2, 0.25) is 0 Å². The second-order valence-electron chi connectivity index (χ2n) is 11.9. The molecule has 1 amide bonds. The summed E-state index contributed by atoms with van der Waals surface area (Å²) in [5.41, 5.74) is 12.5. The smallest absolute Gasteiger partial charge is 0.219 e. The van der Waals surface area contributed by atoms with Crippen LogP contribution in [0.5, 0.6) is 0 Å². The lowest BCUT2D eigenvalue weighted by Gasteiger charge is -2.32. The van der Waals surface area contributed by atoms with E-state index in [1.54, 1.807) is 20.8 Å². The third-order valence-corrected chi connectivity index (χ3v) is 8.72. The van der Waals surface area contributed by atoms with E-state index in [-0.39, 0.29) is 11.9 Å². The molecule has 3 aliphatic heterocycles. The normalized spacial score (nSPS) is 21.9. The average Bonchev–Trinajstić information content (AvgIpc) is 3.41. The second kappa shape index (κ2) is 11.9. The van der Waals surface area contributed by atoms with Gasteiger partial charge in [0.1, 0.15) is 12.5 Å². The molecule has 5 rings (SSSR count). The first-order valence-corrected chi connectivity index (χ1v) is 14.5. The molecule has 3 aliphatic rings. The van der Waals surface area contributed by atoms with Gasteiger partial charge in [0.25, 0.3) is 0 Å². The van der Waals surface area contributed by atoms with E-state index >= 15 is 0 Å². The van der Waals surface area contributed by atoms with Crippen LogP contribution in [-0.4, -0.2) is 71.2 Å². The lowest BCUT2D eigenvalue weighted by atomic mass is 9.83. The highest BCUT2D eigenvalue weighted by Gasteiger charge is 2.32. The minimum Gasteiger partial charge on any atom is -0.383 e. The largest absolute Gasteiger partial charge is 0.383 e. The minimum absolute atomic E-state index is 0.138. The van der Waals surface area contributed by atoms with Crippen molar-refractivity contribution >= 4 is 11.7 Å². The van der Waals surface area contributed by atoms with Crippen LogP contribution in [0.3, 0.4) is 0 Å². The molecule has 212 valence electrons. The third kappa shape index (κ3) is 6.62. The monoisotopic (exact) mass is 536 g/mol. The van der Waals surface area contributed by atoms with Crippen LogP contribution in [0.4, 0.5) is 5.82 Å². The number of anilines is 1. The van der Waals surface area contributed by atoms with E-state index in [1.165, 1.54) is 11.1 Å². The summed E-state index contributed by atoms with van der Waals surface area (Å²) in [5, 5.41) is 10.2. The van der Waals surface area contributed by atoms with E-state index in [1.807, 2.05) is 11.1 Å². The Hall–Kier alpha value is -2.52.